The molecule has 0 aliphatic rings. The van der Waals surface area contributed by atoms with Gasteiger partial charge >= 0.3 is 5.97 Å². The number of aromatic nitrogens is 1. The number of thiocarbonyl (C=S) groups is 1. The van der Waals surface area contributed by atoms with Crippen LogP contribution in [-0.2, 0) is 0 Å². The van der Waals surface area contributed by atoms with Crippen molar-refractivity contribution in [2.45, 2.75) is 6.92 Å². The highest BCUT2D eigenvalue weighted by Crippen LogP contribution is 2.29. The van der Waals surface area contributed by atoms with Crippen LogP contribution in [0.2, 0.25) is 0 Å². The van der Waals surface area contributed by atoms with E-state index in [9.17, 15) is 9.90 Å². The van der Waals surface area contributed by atoms with Gasteiger partial charge in [0.05, 0.1) is 5.52 Å². The summed E-state index contributed by atoms with van der Waals surface area (Å²) < 4.78 is 1.75. The molecule has 0 saturated heterocycles. The van der Waals surface area contributed by atoms with Gasteiger partial charge in [-0.1, -0.05) is 30.4 Å². The maximum absolute atomic E-state index is 11.7. The Morgan fingerprint density at radius 1 is 1.14 bits per heavy atom. The van der Waals surface area contributed by atoms with E-state index in [1.165, 1.54) is 0 Å². The van der Waals surface area contributed by atoms with Crippen LogP contribution < -0.4 is 5.73 Å². The van der Waals surface area contributed by atoms with Gasteiger partial charge in [0, 0.05) is 16.6 Å². The summed E-state index contributed by atoms with van der Waals surface area (Å²) in [7, 11) is 0. The predicted octanol–water partition coefficient (Wildman–Crippen LogP) is 3.27. The molecule has 0 aliphatic heterocycles. The van der Waals surface area contributed by atoms with Gasteiger partial charge in [-0.3, -0.25) is 0 Å². The Morgan fingerprint density at radius 2 is 1.77 bits per heavy atom. The molecule has 5 heteroatoms. The van der Waals surface area contributed by atoms with Gasteiger partial charge < -0.3 is 15.4 Å². The fourth-order valence-electron chi connectivity index (χ4n) is 2.70. The van der Waals surface area contributed by atoms with Crippen molar-refractivity contribution in [2.75, 3.05) is 0 Å². The Morgan fingerprint density at radius 3 is 2.36 bits per heavy atom. The van der Waals surface area contributed by atoms with Gasteiger partial charge in [0.2, 0.25) is 0 Å². The van der Waals surface area contributed by atoms with E-state index in [-0.39, 0.29) is 5.69 Å². The van der Waals surface area contributed by atoms with E-state index >= 15 is 0 Å². The number of carboxylic acid groups (broad SMARTS) is 1. The van der Waals surface area contributed by atoms with Crippen LogP contribution in [0.1, 0.15) is 21.6 Å². The molecule has 0 radical (unpaired) electrons. The Bertz CT molecular complexity index is 895. The van der Waals surface area contributed by atoms with Crippen LogP contribution >= 0.6 is 12.2 Å². The zero-order chi connectivity index (χ0) is 15.9. The molecule has 1 aromatic heterocycles. The van der Waals surface area contributed by atoms with Crippen molar-refractivity contribution in [3.05, 3.63) is 65.4 Å². The maximum Gasteiger partial charge on any atom is 0.353 e. The molecule has 22 heavy (non-hydrogen) atoms. The highest BCUT2D eigenvalue weighted by Gasteiger charge is 2.20. The quantitative estimate of drug-likeness (QED) is 0.729. The van der Waals surface area contributed by atoms with Crippen LogP contribution in [-0.4, -0.2) is 20.6 Å². The predicted molar refractivity (Wildman–Crippen MR) is 90.9 cm³/mol. The molecule has 0 aliphatic carbocycles. The number of rotatable bonds is 3. The normalized spacial score (nSPS) is 10.8. The van der Waals surface area contributed by atoms with Crippen molar-refractivity contribution in [1.29, 1.82) is 0 Å². The first-order chi connectivity index (χ1) is 10.5. The summed E-state index contributed by atoms with van der Waals surface area (Å²) in [6.07, 6.45) is 0. The standard InChI is InChI=1S/C17H14N2O2S/c1-10-13-4-2-3-5-14(13)19(15(10)17(20)21)12-8-6-11(7-9-12)16(18)22/h2-9H,1H3,(H2,18,22)(H,20,21). The number of aryl methyl sites for hydroxylation is 1. The monoisotopic (exact) mass is 310 g/mol. The van der Waals surface area contributed by atoms with E-state index in [0.29, 0.717) is 4.99 Å². The topological polar surface area (TPSA) is 68.2 Å². The van der Waals surface area contributed by atoms with Crippen molar-refractivity contribution >= 4 is 34.1 Å². The van der Waals surface area contributed by atoms with E-state index < -0.39 is 5.97 Å². The number of benzene rings is 2. The molecule has 3 aromatic rings. The second-order valence-electron chi connectivity index (χ2n) is 5.04. The highest BCUT2D eigenvalue weighted by molar-refractivity contribution is 7.80. The van der Waals surface area contributed by atoms with Gasteiger partial charge in [0.1, 0.15) is 10.7 Å². The lowest BCUT2D eigenvalue weighted by atomic mass is 10.1. The molecular formula is C17H14N2O2S. The second-order valence-corrected chi connectivity index (χ2v) is 5.48. The lowest BCUT2D eigenvalue weighted by molar-refractivity contribution is 0.0688. The van der Waals surface area contributed by atoms with Crippen LogP contribution in [0.4, 0.5) is 0 Å². The molecule has 0 spiro atoms. The third kappa shape index (κ3) is 2.16. The third-order valence-corrected chi connectivity index (χ3v) is 3.98. The molecular weight excluding hydrogens is 296 g/mol. The number of hydrogen-bond donors (Lipinski definition) is 2. The third-order valence-electron chi connectivity index (χ3n) is 3.74. The van der Waals surface area contributed by atoms with Crippen molar-refractivity contribution in [2.24, 2.45) is 5.73 Å². The van der Waals surface area contributed by atoms with Crippen LogP contribution in [0.3, 0.4) is 0 Å². The fraction of sp³-hybridized carbons (Fsp3) is 0.0588. The summed E-state index contributed by atoms with van der Waals surface area (Å²) in [4.78, 5) is 12.0. The first-order valence-corrected chi connectivity index (χ1v) is 7.15. The summed E-state index contributed by atoms with van der Waals surface area (Å²) in [6, 6.07) is 14.9. The van der Waals surface area contributed by atoms with Crippen LogP contribution in [0, 0.1) is 6.92 Å². The summed E-state index contributed by atoms with van der Waals surface area (Å²) in [5, 5.41) is 10.5. The number of fused-ring (bicyclic) bond motifs is 1. The van der Waals surface area contributed by atoms with Crippen molar-refractivity contribution in [3.63, 3.8) is 0 Å². The number of aromatic carboxylic acids is 1. The van der Waals surface area contributed by atoms with E-state index in [0.717, 1.165) is 27.7 Å². The Kier molecular flexibility index (Phi) is 3.42. The first-order valence-electron chi connectivity index (χ1n) is 6.74. The molecule has 0 fully saturated rings. The largest absolute Gasteiger partial charge is 0.477 e. The lowest BCUT2D eigenvalue weighted by Crippen LogP contribution is -2.10. The molecule has 4 nitrogen and oxygen atoms in total. The smallest absolute Gasteiger partial charge is 0.353 e. The lowest BCUT2D eigenvalue weighted by Gasteiger charge is -2.09. The molecule has 0 saturated carbocycles. The van der Waals surface area contributed by atoms with Gasteiger partial charge in [-0.05, 0) is 42.8 Å². The average Bonchev–Trinajstić information content (AvgIpc) is 2.81. The number of para-hydroxylation sites is 1. The van der Waals surface area contributed by atoms with Gasteiger partial charge in [-0.15, -0.1) is 0 Å². The Balaban J connectivity index is 2.31. The Hall–Kier alpha value is -2.66. The average molecular weight is 310 g/mol. The van der Waals surface area contributed by atoms with Crippen LogP contribution in [0.25, 0.3) is 16.6 Å². The molecule has 0 amide bonds. The minimum Gasteiger partial charge on any atom is -0.477 e. The zero-order valence-electron chi connectivity index (χ0n) is 11.9. The minimum atomic E-state index is -0.952. The van der Waals surface area contributed by atoms with Gasteiger partial charge in [0.15, 0.2) is 0 Å². The van der Waals surface area contributed by atoms with Gasteiger partial charge in [-0.25, -0.2) is 4.79 Å². The summed E-state index contributed by atoms with van der Waals surface area (Å²) in [6.45, 7) is 1.83. The zero-order valence-corrected chi connectivity index (χ0v) is 12.7. The van der Waals surface area contributed by atoms with Crippen molar-refractivity contribution in [1.82, 2.24) is 4.57 Å². The van der Waals surface area contributed by atoms with E-state index in [2.05, 4.69) is 0 Å². The number of nitrogens with zero attached hydrogens (tertiary/aromatic N) is 1. The first kappa shape index (κ1) is 14.3. The maximum atomic E-state index is 11.7. The summed E-state index contributed by atoms with van der Waals surface area (Å²) in [5.41, 5.74) is 9.01. The van der Waals surface area contributed by atoms with Gasteiger partial charge in [0.25, 0.3) is 0 Å². The van der Waals surface area contributed by atoms with E-state index in [1.807, 2.05) is 43.3 Å². The summed E-state index contributed by atoms with van der Waals surface area (Å²) in [5.74, 6) is -0.952. The SMILES string of the molecule is Cc1c(C(=O)O)n(-c2ccc(C(N)=S)cc2)c2ccccc12. The van der Waals surface area contributed by atoms with E-state index in [4.69, 9.17) is 18.0 Å². The molecule has 110 valence electrons. The molecule has 0 bridgehead atoms. The molecule has 3 N–H and O–H groups in total. The van der Waals surface area contributed by atoms with Crippen LogP contribution in [0.5, 0.6) is 0 Å². The highest BCUT2D eigenvalue weighted by atomic mass is 32.1. The fourth-order valence-corrected chi connectivity index (χ4v) is 2.84. The van der Waals surface area contributed by atoms with Crippen LogP contribution in [0.15, 0.2) is 48.5 Å². The number of hydrogen-bond acceptors (Lipinski definition) is 2. The molecule has 3 rings (SSSR count). The molecule has 2 aromatic carbocycles. The van der Waals surface area contributed by atoms with Crippen molar-refractivity contribution in [3.8, 4) is 5.69 Å². The number of carboxylic acids is 1. The summed E-state index contributed by atoms with van der Waals surface area (Å²) >= 11 is 4.95. The van der Waals surface area contributed by atoms with Crippen molar-refractivity contribution < 1.29 is 9.90 Å². The number of nitrogens with two attached hydrogens (primary N) is 1. The second kappa shape index (κ2) is 5.27. The van der Waals surface area contributed by atoms with Gasteiger partial charge in [-0.2, -0.15) is 0 Å². The number of carbonyl (C=O) groups is 1. The molecule has 1 heterocycles. The molecule has 0 atom stereocenters. The minimum absolute atomic E-state index is 0.268. The Labute approximate surface area is 132 Å². The van der Waals surface area contributed by atoms with E-state index in [1.54, 1.807) is 16.7 Å². The molecule has 0 unspecified atom stereocenters.